The number of anilines is 1. The van der Waals surface area contributed by atoms with E-state index in [1.165, 1.54) is 18.0 Å². The summed E-state index contributed by atoms with van der Waals surface area (Å²) in [4.78, 5) is 34.9. The number of carbonyl (C=O) groups excluding carboxylic acids is 1. The van der Waals surface area contributed by atoms with Crippen molar-refractivity contribution in [1.82, 2.24) is 19.5 Å². The van der Waals surface area contributed by atoms with Crippen LogP contribution in [0, 0.1) is 5.92 Å². The maximum atomic E-state index is 12.2. The third kappa shape index (κ3) is 3.03. The highest BCUT2D eigenvalue weighted by atomic mass is 16.6. The molecule has 1 aliphatic rings. The Balaban J connectivity index is 2.04. The van der Waals surface area contributed by atoms with Crippen molar-refractivity contribution in [2.45, 2.75) is 45.3 Å². The van der Waals surface area contributed by atoms with Crippen molar-refractivity contribution >= 4 is 23.0 Å². The van der Waals surface area contributed by atoms with Crippen molar-refractivity contribution in [3.05, 3.63) is 16.7 Å². The number of amides is 1. The van der Waals surface area contributed by atoms with Crippen LogP contribution in [-0.4, -0.2) is 56.0 Å². The van der Waals surface area contributed by atoms with E-state index < -0.39 is 30.1 Å². The van der Waals surface area contributed by atoms with Gasteiger partial charge in [-0.05, 0) is 6.92 Å². The van der Waals surface area contributed by atoms with Crippen LogP contribution >= 0.6 is 0 Å². The zero-order chi connectivity index (χ0) is 18.3. The molecule has 0 saturated carbocycles. The number of nitrogens with zero attached hydrogens (tertiary/aromatic N) is 3. The molecule has 0 aliphatic carbocycles. The standard InChI is InChI=1S/C15H21N5O5/c1-6(2)12(22)18-15-17-11-8(13(23)19-15)16-5-20(11)14-10(24-4)9(21)7(3)25-14/h5-7,9-10,14,21H,1-4H3,(H2,17,18,19,22,23)/t7-,9+,10?,14-/m1/s1. The third-order valence-electron chi connectivity index (χ3n) is 4.20. The molecule has 3 rings (SSSR count). The molecule has 2 aromatic heterocycles. The number of aromatic nitrogens is 4. The Labute approximate surface area is 143 Å². The normalized spacial score (nSPS) is 26.5. The summed E-state index contributed by atoms with van der Waals surface area (Å²) in [6, 6.07) is 0. The van der Waals surface area contributed by atoms with Gasteiger partial charge in [0, 0.05) is 13.0 Å². The van der Waals surface area contributed by atoms with Crippen LogP contribution in [0.3, 0.4) is 0 Å². The van der Waals surface area contributed by atoms with Gasteiger partial charge in [-0.3, -0.25) is 24.5 Å². The second kappa shape index (κ2) is 6.54. The number of nitrogens with one attached hydrogen (secondary N) is 2. The summed E-state index contributed by atoms with van der Waals surface area (Å²) in [7, 11) is 1.47. The van der Waals surface area contributed by atoms with Crippen LogP contribution < -0.4 is 10.9 Å². The van der Waals surface area contributed by atoms with Gasteiger partial charge in [-0.2, -0.15) is 4.98 Å². The maximum Gasteiger partial charge on any atom is 0.280 e. The smallest absolute Gasteiger partial charge is 0.280 e. The van der Waals surface area contributed by atoms with Gasteiger partial charge in [-0.15, -0.1) is 0 Å². The Morgan fingerprint density at radius 1 is 1.52 bits per heavy atom. The lowest BCUT2D eigenvalue weighted by molar-refractivity contribution is -0.118. The van der Waals surface area contributed by atoms with Crippen molar-refractivity contribution in [2.24, 2.45) is 5.92 Å². The topological polar surface area (TPSA) is 131 Å². The van der Waals surface area contributed by atoms with Crippen molar-refractivity contribution in [1.29, 1.82) is 0 Å². The number of rotatable bonds is 4. The number of hydrogen-bond acceptors (Lipinski definition) is 7. The van der Waals surface area contributed by atoms with Crippen molar-refractivity contribution in [2.75, 3.05) is 12.4 Å². The molecule has 0 aromatic carbocycles. The van der Waals surface area contributed by atoms with E-state index in [-0.39, 0.29) is 28.9 Å². The van der Waals surface area contributed by atoms with Gasteiger partial charge in [0.1, 0.15) is 12.2 Å². The molecule has 0 radical (unpaired) electrons. The summed E-state index contributed by atoms with van der Waals surface area (Å²) in [5, 5.41) is 12.7. The first kappa shape index (κ1) is 17.5. The number of aliphatic hydroxyl groups excluding tert-OH is 1. The van der Waals surface area contributed by atoms with E-state index in [9.17, 15) is 14.7 Å². The predicted molar refractivity (Wildman–Crippen MR) is 88.0 cm³/mol. The lowest BCUT2D eigenvalue weighted by Gasteiger charge is -2.20. The third-order valence-corrected chi connectivity index (χ3v) is 4.20. The monoisotopic (exact) mass is 351 g/mol. The molecule has 1 amide bonds. The SMILES string of the molecule is COC1[C@@H](O)[C@@H](C)O[C@H]1n1cnc2c(=O)[nH]c(NC(=O)C(C)C)nc21. The first-order valence-corrected chi connectivity index (χ1v) is 7.97. The minimum Gasteiger partial charge on any atom is -0.388 e. The van der Waals surface area contributed by atoms with Crippen LogP contribution in [0.1, 0.15) is 27.0 Å². The number of ether oxygens (including phenoxy) is 2. The van der Waals surface area contributed by atoms with Crippen LogP contribution in [-0.2, 0) is 14.3 Å². The highest BCUT2D eigenvalue weighted by molar-refractivity contribution is 5.91. The Morgan fingerprint density at radius 2 is 2.24 bits per heavy atom. The Morgan fingerprint density at radius 3 is 2.88 bits per heavy atom. The van der Waals surface area contributed by atoms with Crippen molar-refractivity contribution < 1.29 is 19.4 Å². The van der Waals surface area contributed by atoms with Crippen LogP contribution in [0.4, 0.5) is 5.95 Å². The van der Waals surface area contributed by atoms with Crippen LogP contribution in [0.15, 0.2) is 11.1 Å². The minimum atomic E-state index is -0.824. The number of imidazole rings is 1. The van der Waals surface area contributed by atoms with Gasteiger partial charge in [0.15, 0.2) is 17.4 Å². The summed E-state index contributed by atoms with van der Waals surface area (Å²) >= 11 is 0. The van der Waals surface area contributed by atoms with Crippen molar-refractivity contribution in [3.8, 4) is 0 Å². The number of hydrogen-bond donors (Lipinski definition) is 3. The summed E-state index contributed by atoms with van der Waals surface area (Å²) in [6.45, 7) is 5.19. The summed E-state index contributed by atoms with van der Waals surface area (Å²) in [6.07, 6.45) is -1.20. The molecule has 1 fully saturated rings. The first-order chi connectivity index (χ1) is 11.8. The fourth-order valence-electron chi connectivity index (χ4n) is 2.73. The minimum absolute atomic E-state index is 0.0264. The predicted octanol–water partition coefficient (Wildman–Crippen LogP) is 0.00730. The molecule has 4 atom stereocenters. The molecule has 1 saturated heterocycles. The van der Waals surface area contributed by atoms with E-state index >= 15 is 0 Å². The summed E-state index contributed by atoms with van der Waals surface area (Å²) in [5.41, 5.74) is -0.144. The average Bonchev–Trinajstić information content (AvgIpc) is 3.09. The van der Waals surface area contributed by atoms with Crippen LogP contribution in [0.25, 0.3) is 11.2 Å². The lowest BCUT2D eigenvalue weighted by atomic mass is 10.1. The average molecular weight is 351 g/mol. The molecule has 136 valence electrons. The fraction of sp³-hybridized carbons (Fsp3) is 0.600. The highest BCUT2D eigenvalue weighted by Crippen LogP contribution is 2.32. The van der Waals surface area contributed by atoms with E-state index in [4.69, 9.17) is 9.47 Å². The first-order valence-electron chi connectivity index (χ1n) is 7.97. The molecule has 0 spiro atoms. The maximum absolute atomic E-state index is 12.2. The van der Waals surface area contributed by atoms with Gasteiger partial charge in [0.05, 0.1) is 12.4 Å². The molecule has 3 heterocycles. The van der Waals surface area contributed by atoms with Gasteiger partial charge >= 0.3 is 0 Å². The zero-order valence-electron chi connectivity index (χ0n) is 14.4. The largest absolute Gasteiger partial charge is 0.388 e. The molecule has 1 aliphatic heterocycles. The molecule has 2 aromatic rings. The second-order valence-corrected chi connectivity index (χ2v) is 6.31. The number of aromatic amines is 1. The Bertz CT molecular complexity index is 844. The molecule has 1 unspecified atom stereocenters. The molecule has 10 heteroatoms. The Hall–Kier alpha value is -2.30. The van der Waals surface area contributed by atoms with Crippen LogP contribution in [0.5, 0.6) is 0 Å². The van der Waals surface area contributed by atoms with E-state index in [1.54, 1.807) is 20.8 Å². The number of methoxy groups -OCH3 is 1. The molecule has 25 heavy (non-hydrogen) atoms. The lowest BCUT2D eigenvalue weighted by Crippen LogP contribution is -2.32. The molecule has 10 nitrogen and oxygen atoms in total. The van der Waals surface area contributed by atoms with Gasteiger partial charge < -0.3 is 14.6 Å². The van der Waals surface area contributed by atoms with Gasteiger partial charge in [0.25, 0.3) is 5.56 Å². The van der Waals surface area contributed by atoms with Gasteiger partial charge in [-0.25, -0.2) is 4.98 Å². The quantitative estimate of drug-likeness (QED) is 0.707. The zero-order valence-corrected chi connectivity index (χ0v) is 14.4. The van der Waals surface area contributed by atoms with Gasteiger partial charge in [-0.1, -0.05) is 13.8 Å². The van der Waals surface area contributed by atoms with Gasteiger partial charge in [0.2, 0.25) is 11.9 Å². The number of aliphatic hydroxyl groups is 1. The molecule has 0 bridgehead atoms. The summed E-state index contributed by atoms with van der Waals surface area (Å²) in [5.74, 6) is -0.513. The van der Waals surface area contributed by atoms with Crippen molar-refractivity contribution in [3.63, 3.8) is 0 Å². The van der Waals surface area contributed by atoms with E-state index in [0.29, 0.717) is 0 Å². The highest BCUT2D eigenvalue weighted by Gasteiger charge is 2.43. The fourth-order valence-corrected chi connectivity index (χ4v) is 2.73. The van der Waals surface area contributed by atoms with E-state index in [1.807, 2.05) is 0 Å². The van der Waals surface area contributed by atoms with E-state index in [0.717, 1.165) is 0 Å². The number of fused-ring (bicyclic) bond motifs is 1. The second-order valence-electron chi connectivity index (χ2n) is 6.31. The molecular formula is C15H21N5O5. The number of H-pyrrole nitrogens is 1. The number of carbonyl (C=O) groups is 1. The molecular weight excluding hydrogens is 330 g/mol. The van der Waals surface area contributed by atoms with E-state index in [2.05, 4.69) is 20.3 Å². The molecule has 3 N–H and O–H groups in total. The van der Waals surface area contributed by atoms with Crippen LogP contribution in [0.2, 0.25) is 0 Å². The Kier molecular flexibility index (Phi) is 4.58. The summed E-state index contributed by atoms with van der Waals surface area (Å²) < 4.78 is 12.6.